The first-order valence-corrected chi connectivity index (χ1v) is 8.80. The Bertz CT molecular complexity index is 525. The normalized spacial score (nSPS) is 13.0. The molecule has 0 aliphatic rings. The summed E-state index contributed by atoms with van der Waals surface area (Å²) in [5.74, 6) is -0.401. The monoisotopic (exact) mass is 341 g/mol. The van der Waals surface area contributed by atoms with Gasteiger partial charge in [-0.1, -0.05) is 58.6 Å². The lowest BCUT2D eigenvalue weighted by atomic mass is 9.91. The minimum absolute atomic E-state index is 0.0526. The van der Waals surface area contributed by atoms with Gasteiger partial charge >= 0.3 is 0 Å². The van der Waals surface area contributed by atoms with E-state index in [0.29, 0.717) is 12.1 Å². The summed E-state index contributed by atoms with van der Waals surface area (Å²) in [5.41, 5.74) is 0.581. The van der Waals surface area contributed by atoms with Crippen molar-refractivity contribution in [2.24, 2.45) is 5.41 Å². The second-order valence-electron chi connectivity index (χ2n) is 7.44. The van der Waals surface area contributed by atoms with Gasteiger partial charge in [-0.3, -0.25) is 4.79 Å². The van der Waals surface area contributed by atoms with Gasteiger partial charge in [0.15, 0.2) is 0 Å². The average Bonchev–Trinajstić information content (AvgIpc) is 2.41. The van der Waals surface area contributed by atoms with Gasteiger partial charge in [0.2, 0.25) is 5.91 Å². The molecule has 1 aromatic rings. The molecule has 0 saturated carbocycles. The van der Waals surface area contributed by atoms with Gasteiger partial charge in [0.05, 0.1) is 5.02 Å². The standard InChI is InChI=1S/C19H29ClFNO/c1-6-7-8-9-14(2)22(18(23)13-19(3,4)5)15-10-11-17(21)16(20)12-15/h10-12,14H,6-9,13H2,1-5H3. The van der Waals surface area contributed by atoms with Crippen LogP contribution in [-0.2, 0) is 4.79 Å². The van der Waals surface area contributed by atoms with Crippen LogP contribution in [-0.4, -0.2) is 11.9 Å². The molecule has 2 nitrogen and oxygen atoms in total. The fourth-order valence-electron chi connectivity index (χ4n) is 2.64. The van der Waals surface area contributed by atoms with Gasteiger partial charge in [-0.25, -0.2) is 4.39 Å². The average molecular weight is 342 g/mol. The Morgan fingerprint density at radius 3 is 2.48 bits per heavy atom. The molecular formula is C19H29ClFNO. The molecule has 0 saturated heterocycles. The molecule has 0 radical (unpaired) electrons. The van der Waals surface area contributed by atoms with Gasteiger partial charge in [-0.15, -0.1) is 0 Å². The fraction of sp³-hybridized carbons (Fsp3) is 0.632. The van der Waals surface area contributed by atoms with Crippen molar-refractivity contribution in [1.29, 1.82) is 0 Å². The number of carbonyl (C=O) groups excluding carboxylic acids is 1. The van der Waals surface area contributed by atoms with Crippen LogP contribution in [0, 0.1) is 11.2 Å². The lowest BCUT2D eigenvalue weighted by Crippen LogP contribution is -2.40. The van der Waals surface area contributed by atoms with Crippen molar-refractivity contribution in [1.82, 2.24) is 0 Å². The van der Waals surface area contributed by atoms with Crippen molar-refractivity contribution >= 4 is 23.2 Å². The zero-order chi connectivity index (χ0) is 17.6. The van der Waals surface area contributed by atoms with Crippen LogP contribution in [0.3, 0.4) is 0 Å². The molecule has 1 amide bonds. The van der Waals surface area contributed by atoms with E-state index < -0.39 is 5.82 Å². The molecule has 23 heavy (non-hydrogen) atoms. The summed E-state index contributed by atoms with van der Waals surface area (Å²) in [7, 11) is 0. The predicted octanol–water partition coefficient (Wildman–Crippen LogP) is 6.22. The van der Waals surface area contributed by atoms with Crippen LogP contribution in [0.15, 0.2) is 18.2 Å². The highest BCUT2D eigenvalue weighted by atomic mass is 35.5. The Morgan fingerprint density at radius 1 is 1.30 bits per heavy atom. The second kappa shape index (κ2) is 8.68. The number of anilines is 1. The summed E-state index contributed by atoms with van der Waals surface area (Å²) < 4.78 is 13.4. The van der Waals surface area contributed by atoms with Crippen LogP contribution in [0.1, 0.15) is 66.7 Å². The summed E-state index contributed by atoms with van der Waals surface area (Å²) in [6, 6.07) is 4.58. The van der Waals surface area contributed by atoms with E-state index in [2.05, 4.69) is 6.92 Å². The first kappa shape index (κ1) is 20.0. The Kier molecular flexibility index (Phi) is 7.53. The molecule has 0 aliphatic carbocycles. The molecule has 1 atom stereocenters. The fourth-order valence-corrected chi connectivity index (χ4v) is 2.81. The second-order valence-corrected chi connectivity index (χ2v) is 7.85. The molecule has 0 spiro atoms. The molecule has 1 aromatic carbocycles. The van der Waals surface area contributed by atoms with Crippen LogP contribution in [0.2, 0.25) is 5.02 Å². The summed E-state index contributed by atoms with van der Waals surface area (Å²) in [6.45, 7) is 10.3. The summed E-state index contributed by atoms with van der Waals surface area (Å²) in [6.07, 6.45) is 4.74. The number of rotatable bonds is 7. The van der Waals surface area contributed by atoms with E-state index >= 15 is 0 Å². The molecule has 0 N–H and O–H groups in total. The highest BCUT2D eigenvalue weighted by molar-refractivity contribution is 6.31. The number of unbranched alkanes of at least 4 members (excludes halogenated alkanes) is 2. The largest absolute Gasteiger partial charge is 0.310 e. The van der Waals surface area contributed by atoms with Crippen molar-refractivity contribution in [2.75, 3.05) is 4.90 Å². The number of amides is 1. The van der Waals surface area contributed by atoms with Crippen molar-refractivity contribution in [3.8, 4) is 0 Å². The van der Waals surface area contributed by atoms with Crippen molar-refractivity contribution in [2.45, 2.75) is 72.8 Å². The number of benzene rings is 1. The summed E-state index contributed by atoms with van der Waals surface area (Å²) in [4.78, 5) is 14.6. The predicted molar refractivity (Wildman–Crippen MR) is 96.6 cm³/mol. The maximum absolute atomic E-state index is 13.4. The van der Waals surface area contributed by atoms with Crippen molar-refractivity contribution < 1.29 is 9.18 Å². The molecule has 0 fully saturated rings. The van der Waals surface area contributed by atoms with E-state index in [4.69, 9.17) is 11.6 Å². The molecule has 130 valence electrons. The molecule has 1 rings (SSSR count). The maximum atomic E-state index is 13.4. The van der Waals surface area contributed by atoms with Crippen LogP contribution in [0.4, 0.5) is 10.1 Å². The first-order chi connectivity index (χ1) is 10.7. The van der Waals surface area contributed by atoms with Gasteiger partial charge < -0.3 is 4.90 Å². The Labute approximate surface area is 145 Å². The van der Waals surface area contributed by atoms with E-state index in [-0.39, 0.29) is 22.4 Å². The third-order valence-electron chi connectivity index (χ3n) is 3.80. The highest BCUT2D eigenvalue weighted by Crippen LogP contribution is 2.29. The number of nitrogens with zero attached hydrogens (tertiary/aromatic N) is 1. The van der Waals surface area contributed by atoms with E-state index in [1.165, 1.54) is 6.07 Å². The molecule has 4 heteroatoms. The number of hydrogen-bond donors (Lipinski definition) is 0. The van der Waals surface area contributed by atoms with E-state index in [9.17, 15) is 9.18 Å². The van der Waals surface area contributed by atoms with Crippen LogP contribution < -0.4 is 4.90 Å². The van der Waals surface area contributed by atoms with E-state index in [0.717, 1.165) is 25.7 Å². The summed E-state index contributed by atoms with van der Waals surface area (Å²) >= 11 is 5.91. The third-order valence-corrected chi connectivity index (χ3v) is 4.09. The highest BCUT2D eigenvalue weighted by Gasteiger charge is 2.26. The molecule has 0 aromatic heterocycles. The zero-order valence-corrected chi connectivity index (χ0v) is 15.7. The van der Waals surface area contributed by atoms with Gasteiger partial charge in [0, 0.05) is 18.2 Å². The van der Waals surface area contributed by atoms with Crippen LogP contribution in [0.5, 0.6) is 0 Å². The Balaban J connectivity index is 3.04. The molecule has 1 unspecified atom stereocenters. The number of halogens is 2. The maximum Gasteiger partial charge on any atom is 0.227 e. The van der Waals surface area contributed by atoms with Crippen molar-refractivity contribution in [3.63, 3.8) is 0 Å². The lowest BCUT2D eigenvalue weighted by molar-refractivity contribution is -0.120. The smallest absolute Gasteiger partial charge is 0.227 e. The minimum Gasteiger partial charge on any atom is -0.310 e. The summed E-state index contributed by atoms with van der Waals surface area (Å²) in [5, 5.41) is 0.0526. The SMILES string of the molecule is CCCCCC(C)N(C(=O)CC(C)(C)C)c1ccc(F)c(Cl)c1. The van der Waals surface area contributed by atoms with E-state index in [1.54, 1.807) is 17.0 Å². The number of hydrogen-bond acceptors (Lipinski definition) is 1. The molecule has 0 aliphatic heterocycles. The van der Waals surface area contributed by atoms with Crippen LogP contribution >= 0.6 is 11.6 Å². The lowest BCUT2D eigenvalue weighted by Gasteiger charge is -2.32. The third kappa shape index (κ3) is 6.50. The van der Waals surface area contributed by atoms with E-state index in [1.807, 2.05) is 27.7 Å². The van der Waals surface area contributed by atoms with Crippen molar-refractivity contribution in [3.05, 3.63) is 29.0 Å². The molecular weight excluding hydrogens is 313 g/mol. The topological polar surface area (TPSA) is 20.3 Å². The number of carbonyl (C=O) groups is 1. The minimum atomic E-state index is -0.461. The van der Waals surface area contributed by atoms with Gasteiger partial charge in [0.25, 0.3) is 0 Å². The van der Waals surface area contributed by atoms with Crippen LogP contribution in [0.25, 0.3) is 0 Å². The van der Waals surface area contributed by atoms with Gasteiger partial charge in [-0.05, 0) is 37.0 Å². The quantitative estimate of drug-likeness (QED) is 0.539. The van der Waals surface area contributed by atoms with Gasteiger partial charge in [0.1, 0.15) is 5.82 Å². The zero-order valence-electron chi connectivity index (χ0n) is 15.0. The first-order valence-electron chi connectivity index (χ1n) is 8.43. The Morgan fingerprint density at radius 2 is 1.96 bits per heavy atom. The van der Waals surface area contributed by atoms with Gasteiger partial charge in [-0.2, -0.15) is 0 Å². The molecule has 0 heterocycles. The molecule has 0 bridgehead atoms. The Hall–Kier alpha value is -1.09.